The standard InChI is InChI=1S/C15H25NO2/c1-13(17)9-10-16(12-15(2,3)18)11-14-7-5-4-6-8-14/h4-8,13,17-18H,9-12H2,1-3H3. The third-order valence-electron chi connectivity index (χ3n) is 2.72. The molecule has 0 saturated heterocycles. The van der Waals surface area contributed by atoms with Gasteiger partial charge in [-0.2, -0.15) is 0 Å². The van der Waals surface area contributed by atoms with Crippen molar-refractivity contribution in [1.29, 1.82) is 0 Å². The maximum Gasteiger partial charge on any atom is 0.0718 e. The van der Waals surface area contributed by atoms with E-state index < -0.39 is 5.60 Å². The van der Waals surface area contributed by atoms with Crippen molar-refractivity contribution in [2.75, 3.05) is 13.1 Å². The van der Waals surface area contributed by atoms with Gasteiger partial charge in [-0.05, 0) is 32.8 Å². The second kappa shape index (κ2) is 6.88. The van der Waals surface area contributed by atoms with Crippen LogP contribution in [0.3, 0.4) is 0 Å². The molecule has 2 N–H and O–H groups in total. The predicted molar refractivity (Wildman–Crippen MR) is 74.3 cm³/mol. The molecular weight excluding hydrogens is 226 g/mol. The number of hydrogen-bond acceptors (Lipinski definition) is 3. The summed E-state index contributed by atoms with van der Waals surface area (Å²) in [5, 5.41) is 19.3. The van der Waals surface area contributed by atoms with Crippen LogP contribution in [0.25, 0.3) is 0 Å². The van der Waals surface area contributed by atoms with Crippen LogP contribution in [0.5, 0.6) is 0 Å². The molecule has 0 amide bonds. The largest absolute Gasteiger partial charge is 0.393 e. The summed E-state index contributed by atoms with van der Waals surface area (Å²) in [6.45, 7) is 7.62. The maximum absolute atomic E-state index is 9.93. The molecule has 1 rings (SSSR count). The van der Waals surface area contributed by atoms with Crippen LogP contribution in [-0.4, -0.2) is 39.9 Å². The van der Waals surface area contributed by atoms with E-state index in [0.717, 1.165) is 19.5 Å². The number of aliphatic hydroxyl groups excluding tert-OH is 1. The van der Waals surface area contributed by atoms with Gasteiger partial charge in [-0.15, -0.1) is 0 Å². The Balaban J connectivity index is 2.59. The summed E-state index contributed by atoms with van der Waals surface area (Å²) in [6, 6.07) is 10.2. The normalized spacial score (nSPS) is 13.9. The molecule has 0 heterocycles. The van der Waals surface area contributed by atoms with E-state index in [2.05, 4.69) is 17.0 Å². The smallest absolute Gasteiger partial charge is 0.0718 e. The van der Waals surface area contributed by atoms with Crippen molar-refractivity contribution in [3.05, 3.63) is 35.9 Å². The average molecular weight is 251 g/mol. The number of aliphatic hydroxyl groups is 2. The quantitative estimate of drug-likeness (QED) is 0.779. The molecule has 0 saturated carbocycles. The number of benzene rings is 1. The first-order chi connectivity index (χ1) is 8.37. The van der Waals surface area contributed by atoms with Gasteiger partial charge in [0.15, 0.2) is 0 Å². The van der Waals surface area contributed by atoms with Gasteiger partial charge < -0.3 is 10.2 Å². The second-order valence-electron chi connectivity index (χ2n) is 5.65. The monoisotopic (exact) mass is 251 g/mol. The molecule has 0 aliphatic heterocycles. The fourth-order valence-electron chi connectivity index (χ4n) is 1.97. The van der Waals surface area contributed by atoms with Crippen LogP contribution < -0.4 is 0 Å². The molecule has 1 aromatic carbocycles. The molecular formula is C15H25NO2. The molecule has 1 unspecified atom stereocenters. The summed E-state index contributed by atoms with van der Waals surface area (Å²) < 4.78 is 0. The summed E-state index contributed by atoms with van der Waals surface area (Å²) in [6.07, 6.45) is 0.424. The lowest BCUT2D eigenvalue weighted by Crippen LogP contribution is -2.39. The fraction of sp³-hybridized carbons (Fsp3) is 0.600. The molecule has 1 aromatic rings. The molecule has 0 aromatic heterocycles. The van der Waals surface area contributed by atoms with Crippen molar-refractivity contribution < 1.29 is 10.2 Å². The zero-order chi connectivity index (χ0) is 13.6. The first-order valence-electron chi connectivity index (χ1n) is 6.53. The van der Waals surface area contributed by atoms with Crippen molar-refractivity contribution in [2.24, 2.45) is 0 Å². The number of rotatable bonds is 7. The minimum atomic E-state index is -0.715. The molecule has 0 bridgehead atoms. The van der Waals surface area contributed by atoms with E-state index in [1.54, 1.807) is 6.92 Å². The Bertz CT molecular complexity index is 330. The zero-order valence-electron chi connectivity index (χ0n) is 11.6. The first-order valence-corrected chi connectivity index (χ1v) is 6.53. The molecule has 0 spiro atoms. The zero-order valence-corrected chi connectivity index (χ0v) is 11.6. The molecule has 3 heteroatoms. The van der Waals surface area contributed by atoms with Gasteiger partial charge in [-0.25, -0.2) is 0 Å². The lowest BCUT2D eigenvalue weighted by molar-refractivity contribution is 0.0285. The molecule has 0 fully saturated rings. The molecule has 0 radical (unpaired) electrons. The maximum atomic E-state index is 9.93. The average Bonchev–Trinajstić information content (AvgIpc) is 2.25. The molecule has 1 atom stereocenters. The molecule has 3 nitrogen and oxygen atoms in total. The SMILES string of the molecule is CC(O)CCN(Cc1ccccc1)CC(C)(C)O. The van der Waals surface area contributed by atoms with Crippen LogP contribution in [0, 0.1) is 0 Å². The lowest BCUT2D eigenvalue weighted by atomic mass is 10.1. The van der Waals surface area contributed by atoms with Gasteiger partial charge in [0.05, 0.1) is 11.7 Å². The minimum Gasteiger partial charge on any atom is -0.393 e. The highest BCUT2D eigenvalue weighted by molar-refractivity contribution is 5.14. The van der Waals surface area contributed by atoms with Crippen LogP contribution >= 0.6 is 0 Å². The minimum absolute atomic E-state index is 0.301. The molecule has 0 aliphatic carbocycles. The van der Waals surface area contributed by atoms with E-state index in [0.29, 0.717) is 6.54 Å². The highest BCUT2D eigenvalue weighted by Crippen LogP contribution is 2.11. The first kappa shape index (κ1) is 15.2. The number of hydrogen-bond donors (Lipinski definition) is 2. The topological polar surface area (TPSA) is 43.7 Å². The number of nitrogens with zero attached hydrogens (tertiary/aromatic N) is 1. The molecule has 0 aliphatic rings. The second-order valence-corrected chi connectivity index (χ2v) is 5.65. The Labute approximate surface area is 110 Å². The Kier molecular flexibility index (Phi) is 5.79. The van der Waals surface area contributed by atoms with Gasteiger partial charge in [0.25, 0.3) is 0 Å². The van der Waals surface area contributed by atoms with Crippen LogP contribution in [0.1, 0.15) is 32.8 Å². The fourth-order valence-corrected chi connectivity index (χ4v) is 1.97. The van der Waals surface area contributed by atoms with Crippen LogP contribution in [0.2, 0.25) is 0 Å². The van der Waals surface area contributed by atoms with E-state index in [1.807, 2.05) is 32.0 Å². The Hall–Kier alpha value is -0.900. The summed E-state index contributed by atoms with van der Waals surface area (Å²) in [7, 11) is 0. The van der Waals surface area contributed by atoms with Gasteiger partial charge in [0, 0.05) is 19.6 Å². The van der Waals surface area contributed by atoms with Crippen LogP contribution in [0.15, 0.2) is 30.3 Å². The van der Waals surface area contributed by atoms with E-state index in [9.17, 15) is 10.2 Å². The van der Waals surface area contributed by atoms with Gasteiger partial charge in [0.2, 0.25) is 0 Å². The lowest BCUT2D eigenvalue weighted by Gasteiger charge is -2.29. The predicted octanol–water partition coefficient (Wildman–Crippen LogP) is 2.03. The van der Waals surface area contributed by atoms with E-state index in [4.69, 9.17) is 0 Å². The van der Waals surface area contributed by atoms with Crippen molar-refractivity contribution in [1.82, 2.24) is 4.90 Å². The van der Waals surface area contributed by atoms with E-state index in [-0.39, 0.29) is 6.10 Å². The Morgan fingerprint density at radius 3 is 2.33 bits per heavy atom. The van der Waals surface area contributed by atoms with Gasteiger partial charge in [-0.3, -0.25) is 4.90 Å². The molecule has 18 heavy (non-hydrogen) atoms. The summed E-state index contributed by atoms with van der Waals surface area (Å²) in [5.74, 6) is 0. The Morgan fingerprint density at radius 1 is 1.22 bits per heavy atom. The Morgan fingerprint density at radius 2 is 1.83 bits per heavy atom. The van der Waals surface area contributed by atoms with Gasteiger partial charge >= 0.3 is 0 Å². The third-order valence-corrected chi connectivity index (χ3v) is 2.72. The van der Waals surface area contributed by atoms with Crippen molar-refractivity contribution in [2.45, 2.75) is 45.4 Å². The van der Waals surface area contributed by atoms with E-state index >= 15 is 0 Å². The summed E-state index contributed by atoms with van der Waals surface area (Å²) >= 11 is 0. The summed E-state index contributed by atoms with van der Waals surface area (Å²) in [5.41, 5.74) is 0.514. The van der Waals surface area contributed by atoms with Gasteiger partial charge in [0.1, 0.15) is 0 Å². The summed E-state index contributed by atoms with van der Waals surface area (Å²) in [4.78, 5) is 2.18. The molecule has 102 valence electrons. The van der Waals surface area contributed by atoms with Crippen molar-refractivity contribution in [3.63, 3.8) is 0 Å². The van der Waals surface area contributed by atoms with Crippen molar-refractivity contribution in [3.8, 4) is 0 Å². The van der Waals surface area contributed by atoms with E-state index in [1.165, 1.54) is 5.56 Å². The van der Waals surface area contributed by atoms with Crippen molar-refractivity contribution >= 4 is 0 Å². The van der Waals surface area contributed by atoms with Gasteiger partial charge in [-0.1, -0.05) is 30.3 Å². The van der Waals surface area contributed by atoms with Crippen LogP contribution in [-0.2, 0) is 6.54 Å². The highest BCUT2D eigenvalue weighted by Gasteiger charge is 2.18. The highest BCUT2D eigenvalue weighted by atomic mass is 16.3. The van der Waals surface area contributed by atoms with Crippen LogP contribution in [0.4, 0.5) is 0 Å². The third kappa shape index (κ3) is 6.74.